The van der Waals surface area contributed by atoms with Gasteiger partial charge in [0.25, 0.3) is 0 Å². The molecule has 0 radical (unpaired) electrons. The molecule has 0 aliphatic heterocycles. The van der Waals surface area contributed by atoms with Crippen molar-refractivity contribution in [1.29, 1.82) is 0 Å². The highest BCUT2D eigenvalue weighted by atomic mass is 14.6. The molecule has 0 amide bonds. The molecular formula is C36H22. The van der Waals surface area contributed by atoms with Gasteiger partial charge in [0.05, 0.1) is 0 Å². The highest BCUT2D eigenvalue weighted by Gasteiger charge is 2.57. The SMILES string of the molecule is C(#CC12c3ccccc3C(C#Cc3ccccc3)(c3ccccc31)c1ccccc12)c1ccccc1. The van der Waals surface area contributed by atoms with Crippen LogP contribution < -0.4 is 0 Å². The largest absolute Gasteiger partial charge is 0.108 e. The Kier molecular flexibility index (Phi) is 4.51. The lowest BCUT2D eigenvalue weighted by molar-refractivity contribution is 0.605. The molecule has 0 nitrogen and oxygen atoms in total. The van der Waals surface area contributed by atoms with Crippen LogP contribution in [0.5, 0.6) is 0 Å². The van der Waals surface area contributed by atoms with Gasteiger partial charge in [0.1, 0.15) is 10.8 Å². The molecule has 0 heteroatoms. The second kappa shape index (κ2) is 7.88. The van der Waals surface area contributed by atoms with Crippen molar-refractivity contribution in [1.82, 2.24) is 0 Å². The van der Waals surface area contributed by atoms with Crippen molar-refractivity contribution in [2.75, 3.05) is 0 Å². The summed E-state index contributed by atoms with van der Waals surface area (Å²) in [6.07, 6.45) is 0. The first kappa shape index (κ1) is 20.6. The van der Waals surface area contributed by atoms with Crippen molar-refractivity contribution in [3.63, 3.8) is 0 Å². The molecule has 0 saturated carbocycles. The van der Waals surface area contributed by atoms with Gasteiger partial charge in [0.15, 0.2) is 0 Å². The Labute approximate surface area is 212 Å². The molecule has 3 aliphatic carbocycles. The topological polar surface area (TPSA) is 0 Å². The van der Waals surface area contributed by atoms with Crippen molar-refractivity contribution in [3.05, 3.63) is 178 Å². The first-order valence-corrected chi connectivity index (χ1v) is 12.3. The smallest absolute Gasteiger partial charge is 0.0764 e. The zero-order chi connectivity index (χ0) is 24.0. The third-order valence-electron chi connectivity index (χ3n) is 7.54. The molecule has 5 aromatic carbocycles. The van der Waals surface area contributed by atoms with Crippen LogP contribution in [0.25, 0.3) is 0 Å². The van der Waals surface area contributed by atoms with Crippen LogP contribution >= 0.6 is 0 Å². The van der Waals surface area contributed by atoms with E-state index in [2.05, 4.69) is 121 Å². The van der Waals surface area contributed by atoms with Crippen LogP contribution in [0.15, 0.2) is 133 Å². The van der Waals surface area contributed by atoms with Crippen LogP contribution in [-0.2, 0) is 10.8 Å². The van der Waals surface area contributed by atoms with Gasteiger partial charge in [0, 0.05) is 11.1 Å². The summed E-state index contributed by atoms with van der Waals surface area (Å²) in [5, 5.41) is 0. The van der Waals surface area contributed by atoms with E-state index in [-0.39, 0.29) is 0 Å². The van der Waals surface area contributed by atoms with Crippen LogP contribution in [0.4, 0.5) is 0 Å². The minimum absolute atomic E-state index is 0.560. The fourth-order valence-corrected chi connectivity index (χ4v) is 6.06. The second-order valence-electron chi connectivity index (χ2n) is 9.37. The monoisotopic (exact) mass is 454 g/mol. The van der Waals surface area contributed by atoms with Crippen molar-refractivity contribution < 1.29 is 0 Å². The zero-order valence-electron chi connectivity index (χ0n) is 19.7. The standard InChI is InChI=1S/C36H22/c1-3-13-27(14-4-1)23-25-35-29-17-7-10-20-32(29)36(33-21-11-8-18-30(33)35,34-22-12-9-19-31(34)35)26-24-28-15-5-2-6-16-28/h1-22H. The average molecular weight is 455 g/mol. The lowest BCUT2D eigenvalue weighted by Crippen LogP contribution is -2.49. The minimum Gasteiger partial charge on any atom is -0.0764 e. The molecule has 0 heterocycles. The van der Waals surface area contributed by atoms with Crippen LogP contribution in [0.1, 0.15) is 44.5 Å². The predicted octanol–water partition coefficient (Wildman–Crippen LogP) is 7.09. The van der Waals surface area contributed by atoms with Crippen LogP contribution in [0, 0.1) is 23.7 Å². The van der Waals surface area contributed by atoms with Crippen molar-refractivity contribution in [3.8, 4) is 23.7 Å². The van der Waals surface area contributed by atoms with E-state index in [0.29, 0.717) is 0 Å². The summed E-state index contributed by atoms with van der Waals surface area (Å²) >= 11 is 0. The normalized spacial score (nSPS) is 20.0. The van der Waals surface area contributed by atoms with Gasteiger partial charge in [-0.3, -0.25) is 0 Å². The molecular weight excluding hydrogens is 432 g/mol. The van der Waals surface area contributed by atoms with E-state index in [0.717, 1.165) is 11.1 Å². The zero-order valence-corrected chi connectivity index (χ0v) is 19.7. The van der Waals surface area contributed by atoms with Crippen LogP contribution in [0.2, 0.25) is 0 Å². The molecule has 3 aliphatic rings. The van der Waals surface area contributed by atoms with E-state index in [1.54, 1.807) is 0 Å². The molecule has 5 aromatic rings. The maximum Gasteiger partial charge on any atom is 0.108 e. The maximum atomic E-state index is 3.80. The molecule has 0 spiro atoms. The first-order valence-electron chi connectivity index (χ1n) is 12.3. The molecule has 2 bridgehead atoms. The fraction of sp³-hybridized carbons (Fsp3) is 0.0556. The molecule has 8 rings (SSSR count). The predicted molar refractivity (Wildman–Crippen MR) is 146 cm³/mol. The first-order chi connectivity index (χ1) is 17.8. The van der Waals surface area contributed by atoms with Crippen molar-refractivity contribution in [2.24, 2.45) is 0 Å². The lowest BCUT2D eigenvalue weighted by atomic mass is 9.47. The third-order valence-corrected chi connectivity index (χ3v) is 7.54. The Morgan fingerprint density at radius 3 is 0.833 bits per heavy atom. The molecule has 0 aromatic heterocycles. The van der Waals surface area contributed by atoms with Crippen LogP contribution in [0.3, 0.4) is 0 Å². The minimum atomic E-state index is -0.560. The Bertz CT molecular complexity index is 1490. The van der Waals surface area contributed by atoms with E-state index >= 15 is 0 Å². The third kappa shape index (κ3) is 2.74. The lowest BCUT2D eigenvalue weighted by Gasteiger charge is -2.52. The van der Waals surface area contributed by atoms with E-state index in [4.69, 9.17) is 0 Å². The summed E-state index contributed by atoms with van der Waals surface area (Å²) in [4.78, 5) is 0. The Morgan fingerprint density at radius 1 is 0.306 bits per heavy atom. The fourth-order valence-electron chi connectivity index (χ4n) is 6.06. The Balaban J connectivity index is 1.61. The molecule has 0 atom stereocenters. The van der Waals surface area contributed by atoms with Gasteiger partial charge >= 0.3 is 0 Å². The van der Waals surface area contributed by atoms with Crippen molar-refractivity contribution in [2.45, 2.75) is 10.8 Å². The van der Waals surface area contributed by atoms with Gasteiger partial charge in [-0.2, -0.15) is 0 Å². The summed E-state index contributed by atoms with van der Waals surface area (Å²) < 4.78 is 0. The Morgan fingerprint density at radius 2 is 0.556 bits per heavy atom. The van der Waals surface area contributed by atoms with Gasteiger partial charge in [0.2, 0.25) is 0 Å². The highest BCUT2D eigenvalue weighted by molar-refractivity contribution is 5.81. The molecule has 0 N–H and O–H groups in total. The van der Waals surface area contributed by atoms with Gasteiger partial charge in [-0.1, -0.05) is 133 Å². The molecule has 0 saturated heterocycles. The van der Waals surface area contributed by atoms with Gasteiger partial charge in [-0.25, -0.2) is 0 Å². The van der Waals surface area contributed by atoms with Crippen LogP contribution in [-0.4, -0.2) is 0 Å². The average Bonchev–Trinajstić information content (AvgIpc) is 2.97. The quantitative estimate of drug-likeness (QED) is 0.219. The molecule has 36 heavy (non-hydrogen) atoms. The van der Waals surface area contributed by atoms with E-state index in [1.807, 2.05) is 36.4 Å². The van der Waals surface area contributed by atoms with Crippen molar-refractivity contribution >= 4 is 0 Å². The summed E-state index contributed by atoms with van der Waals surface area (Å²) in [7, 11) is 0. The molecule has 0 unspecified atom stereocenters. The number of hydrogen-bond donors (Lipinski definition) is 0. The number of hydrogen-bond acceptors (Lipinski definition) is 0. The highest BCUT2D eigenvalue weighted by Crippen LogP contribution is 2.61. The van der Waals surface area contributed by atoms with E-state index in [9.17, 15) is 0 Å². The number of benzene rings is 5. The summed E-state index contributed by atoms with van der Waals surface area (Å²) in [5.41, 5.74) is 8.30. The maximum absolute atomic E-state index is 3.80. The molecule has 0 fully saturated rings. The number of rotatable bonds is 0. The van der Waals surface area contributed by atoms with E-state index < -0.39 is 10.8 Å². The summed E-state index contributed by atoms with van der Waals surface area (Å²) in [6, 6.07) is 46.9. The summed E-state index contributed by atoms with van der Waals surface area (Å²) in [6.45, 7) is 0. The second-order valence-corrected chi connectivity index (χ2v) is 9.37. The Hall–Kier alpha value is -4.78. The van der Waals surface area contributed by atoms with E-state index in [1.165, 1.54) is 33.4 Å². The van der Waals surface area contributed by atoms with Gasteiger partial charge in [-0.05, 0) is 57.6 Å². The van der Waals surface area contributed by atoms with Gasteiger partial charge < -0.3 is 0 Å². The summed E-state index contributed by atoms with van der Waals surface area (Å²) in [5.74, 6) is 14.7. The molecule has 166 valence electrons. The van der Waals surface area contributed by atoms with Gasteiger partial charge in [-0.15, -0.1) is 0 Å².